The molecule has 0 aliphatic rings. The van der Waals surface area contributed by atoms with Gasteiger partial charge in [0, 0.05) is 18.7 Å². The first-order valence-electron chi connectivity index (χ1n) is 11.3. The van der Waals surface area contributed by atoms with Gasteiger partial charge in [0.05, 0.1) is 47.4 Å². The van der Waals surface area contributed by atoms with E-state index in [9.17, 15) is 9.59 Å². The maximum Gasteiger partial charge on any atom is 0.356 e. The maximum absolute atomic E-state index is 11.3. The molecule has 0 radical (unpaired) electrons. The van der Waals surface area contributed by atoms with Crippen LogP contribution >= 0.6 is 0 Å². The number of carbonyl (C=O) groups excluding carboxylic acids is 2. The van der Waals surface area contributed by atoms with E-state index in [-0.39, 0.29) is 40.3 Å². The standard InChI is InChI=1S/C13H19NO4.C8H9NO4.C5H12O/c1-13(2,3)8-18-11-7-14-9(12(15)17-5)6-10(11)16-4;1-12-7-3-5(8(11)13-2)9-4-6(7)10;1-5(2,3)4-6/h6-7H,8H2,1-5H3;3-4,10H,1-2H3;6H,4H2,1-3H3. The molecule has 0 saturated carbocycles. The summed E-state index contributed by atoms with van der Waals surface area (Å²) in [7, 11) is 5.46. The van der Waals surface area contributed by atoms with Crippen molar-refractivity contribution < 1.29 is 43.5 Å². The quantitative estimate of drug-likeness (QED) is 0.530. The largest absolute Gasteiger partial charge is 0.503 e. The van der Waals surface area contributed by atoms with Gasteiger partial charge in [-0.25, -0.2) is 19.6 Å². The third-order valence-corrected chi connectivity index (χ3v) is 4.04. The normalized spacial score (nSPS) is 10.6. The summed E-state index contributed by atoms with van der Waals surface area (Å²) in [5.41, 5.74) is 0.418. The van der Waals surface area contributed by atoms with Gasteiger partial charge in [-0.2, -0.15) is 0 Å². The number of aromatic hydroxyl groups is 1. The van der Waals surface area contributed by atoms with E-state index >= 15 is 0 Å². The van der Waals surface area contributed by atoms with Crippen LogP contribution in [0.3, 0.4) is 0 Å². The predicted octanol–water partition coefficient (Wildman–Crippen LogP) is 3.91. The third kappa shape index (κ3) is 13.3. The topological polar surface area (TPSA) is 147 Å². The van der Waals surface area contributed by atoms with Gasteiger partial charge in [-0.1, -0.05) is 41.5 Å². The highest BCUT2D eigenvalue weighted by Crippen LogP contribution is 2.28. The molecule has 2 aromatic heterocycles. The second-order valence-electron chi connectivity index (χ2n) is 10.0. The van der Waals surface area contributed by atoms with Crippen LogP contribution in [0.1, 0.15) is 62.5 Å². The van der Waals surface area contributed by atoms with Crippen molar-refractivity contribution >= 4 is 11.9 Å². The van der Waals surface area contributed by atoms with Gasteiger partial charge in [-0.05, 0) is 10.8 Å². The fraction of sp³-hybridized carbons (Fsp3) is 0.538. The highest BCUT2D eigenvalue weighted by molar-refractivity contribution is 5.88. The van der Waals surface area contributed by atoms with Crippen molar-refractivity contribution in [2.24, 2.45) is 10.8 Å². The average Bonchev–Trinajstić information content (AvgIpc) is 2.86. The van der Waals surface area contributed by atoms with Crippen LogP contribution in [-0.4, -0.2) is 73.8 Å². The number of ether oxygens (including phenoxy) is 5. The molecule has 0 aromatic carbocycles. The smallest absolute Gasteiger partial charge is 0.356 e. The number of hydrogen-bond donors (Lipinski definition) is 2. The first kappa shape index (κ1) is 33.4. The number of hydrogen-bond acceptors (Lipinski definition) is 11. The molecule has 0 spiro atoms. The van der Waals surface area contributed by atoms with Gasteiger partial charge in [0.1, 0.15) is 0 Å². The number of methoxy groups -OCH3 is 4. The van der Waals surface area contributed by atoms with Crippen LogP contribution in [0.2, 0.25) is 0 Å². The monoisotopic (exact) mass is 524 g/mol. The Kier molecular flexibility index (Phi) is 14.0. The average molecular weight is 525 g/mol. The van der Waals surface area contributed by atoms with Crippen molar-refractivity contribution in [3.63, 3.8) is 0 Å². The molecular formula is C26H40N2O9. The highest BCUT2D eigenvalue weighted by Gasteiger charge is 2.16. The minimum Gasteiger partial charge on any atom is -0.503 e. The summed E-state index contributed by atoms with van der Waals surface area (Å²) in [6, 6.07) is 2.81. The molecule has 2 aromatic rings. The summed E-state index contributed by atoms with van der Waals surface area (Å²) in [6.07, 6.45) is 2.60. The Morgan fingerprint density at radius 1 is 0.757 bits per heavy atom. The van der Waals surface area contributed by atoms with Crippen molar-refractivity contribution in [3.05, 3.63) is 35.9 Å². The molecule has 0 bridgehead atoms. The first-order chi connectivity index (χ1) is 17.1. The van der Waals surface area contributed by atoms with E-state index in [4.69, 9.17) is 24.4 Å². The molecular weight excluding hydrogens is 484 g/mol. The van der Waals surface area contributed by atoms with Crippen LogP contribution in [0.5, 0.6) is 23.0 Å². The Bertz CT molecular complexity index is 997. The number of aliphatic hydroxyl groups excluding tert-OH is 1. The van der Waals surface area contributed by atoms with E-state index in [1.807, 2.05) is 20.8 Å². The lowest BCUT2D eigenvalue weighted by Crippen LogP contribution is -2.17. The van der Waals surface area contributed by atoms with Crippen molar-refractivity contribution in [2.75, 3.05) is 41.7 Å². The molecule has 2 rings (SSSR count). The Morgan fingerprint density at radius 2 is 1.19 bits per heavy atom. The molecule has 208 valence electrons. The predicted molar refractivity (Wildman–Crippen MR) is 137 cm³/mol. The van der Waals surface area contributed by atoms with E-state index in [1.54, 1.807) is 0 Å². The van der Waals surface area contributed by atoms with Gasteiger partial charge in [0.25, 0.3) is 0 Å². The molecule has 0 saturated heterocycles. The number of carbonyl (C=O) groups is 2. The van der Waals surface area contributed by atoms with Gasteiger partial charge in [-0.15, -0.1) is 0 Å². The molecule has 11 nitrogen and oxygen atoms in total. The fourth-order valence-corrected chi connectivity index (χ4v) is 2.01. The second kappa shape index (κ2) is 15.5. The Balaban J connectivity index is 0.000000594. The minimum atomic E-state index is -0.571. The number of nitrogens with zero attached hydrogens (tertiary/aromatic N) is 2. The number of esters is 2. The molecule has 0 unspecified atom stereocenters. The molecule has 2 N–H and O–H groups in total. The number of aliphatic hydroxyl groups is 1. The molecule has 0 fully saturated rings. The van der Waals surface area contributed by atoms with E-state index < -0.39 is 11.9 Å². The third-order valence-electron chi connectivity index (χ3n) is 4.04. The van der Waals surface area contributed by atoms with Gasteiger partial charge in [0.2, 0.25) is 0 Å². The highest BCUT2D eigenvalue weighted by atomic mass is 16.5. The first-order valence-corrected chi connectivity index (χ1v) is 11.3. The van der Waals surface area contributed by atoms with Gasteiger partial charge in [0.15, 0.2) is 34.4 Å². The molecule has 37 heavy (non-hydrogen) atoms. The van der Waals surface area contributed by atoms with Crippen molar-refractivity contribution in [1.29, 1.82) is 0 Å². The number of rotatable bonds is 6. The van der Waals surface area contributed by atoms with Crippen LogP contribution in [0.15, 0.2) is 24.5 Å². The molecule has 0 aliphatic carbocycles. The van der Waals surface area contributed by atoms with Crippen LogP contribution in [0, 0.1) is 10.8 Å². The summed E-state index contributed by atoms with van der Waals surface area (Å²) in [4.78, 5) is 29.9. The zero-order chi connectivity index (χ0) is 28.8. The van der Waals surface area contributed by atoms with Crippen LogP contribution in [0.25, 0.3) is 0 Å². The van der Waals surface area contributed by atoms with E-state index in [2.05, 4.69) is 40.2 Å². The van der Waals surface area contributed by atoms with Gasteiger partial charge in [-0.3, -0.25) is 0 Å². The second-order valence-corrected chi connectivity index (χ2v) is 10.0. The lowest BCUT2D eigenvalue weighted by atomic mass is 9.99. The SMILES string of the molecule is CC(C)(C)CO.COC(=O)c1cc(OC)c(O)cn1.COC(=O)c1cc(OC)c(OCC(C)(C)C)cn1. The Hall–Kier alpha value is -3.60. The van der Waals surface area contributed by atoms with Crippen LogP contribution in [-0.2, 0) is 9.47 Å². The van der Waals surface area contributed by atoms with E-state index in [0.717, 1.165) is 6.20 Å². The summed E-state index contributed by atoms with van der Waals surface area (Å²) in [5.74, 6) is -0.0192. The minimum absolute atomic E-state index is 0.0338. The zero-order valence-electron chi connectivity index (χ0n) is 23.4. The zero-order valence-corrected chi connectivity index (χ0v) is 23.4. The van der Waals surface area contributed by atoms with Crippen molar-refractivity contribution in [1.82, 2.24) is 9.97 Å². The summed E-state index contributed by atoms with van der Waals surface area (Å²) < 4.78 is 24.6. The Morgan fingerprint density at radius 3 is 1.57 bits per heavy atom. The molecule has 0 amide bonds. The molecule has 0 aliphatic heterocycles. The van der Waals surface area contributed by atoms with E-state index in [1.165, 1.54) is 46.8 Å². The Labute approximate surface area is 218 Å². The van der Waals surface area contributed by atoms with Crippen molar-refractivity contribution in [2.45, 2.75) is 41.5 Å². The molecule has 0 atom stereocenters. The van der Waals surface area contributed by atoms with Gasteiger partial charge < -0.3 is 33.9 Å². The molecule has 11 heteroatoms. The van der Waals surface area contributed by atoms with Gasteiger partial charge >= 0.3 is 11.9 Å². The fourth-order valence-electron chi connectivity index (χ4n) is 2.01. The van der Waals surface area contributed by atoms with E-state index in [0.29, 0.717) is 18.1 Å². The lowest BCUT2D eigenvalue weighted by Gasteiger charge is -2.19. The number of pyridine rings is 2. The summed E-state index contributed by atoms with van der Waals surface area (Å²) in [6.45, 7) is 13.0. The molecule has 2 heterocycles. The van der Waals surface area contributed by atoms with Crippen LogP contribution < -0.4 is 14.2 Å². The summed E-state index contributed by atoms with van der Waals surface area (Å²) >= 11 is 0. The number of aromatic nitrogens is 2. The maximum atomic E-state index is 11.3. The summed E-state index contributed by atoms with van der Waals surface area (Å²) in [5, 5.41) is 17.6. The van der Waals surface area contributed by atoms with Crippen LogP contribution in [0.4, 0.5) is 0 Å². The van der Waals surface area contributed by atoms with Crippen molar-refractivity contribution in [3.8, 4) is 23.0 Å². The lowest BCUT2D eigenvalue weighted by molar-refractivity contribution is 0.0584.